The zero-order chi connectivity index (χ0) is 12.4. The second kappa shape index (κ2) is 29.2. The van der Waals surface area contributed by atoms with Crippen molar-refractivity contribution in [1.82, 2.24) is 0 Å². The van der Waals surface area contributed by atoms with E-state index in [1.807, 2.05) is 44.2 Å². The molecule has 0 aromatic heterocycles. The summed E-state index contributed by atoms with van der Waals surface area (Å²) >= 11 is 1.47. The summed E-state index contributed by atoms with van der Waals surface area (Å²) in [4.78, 5) is 0. The Morgan fingerprint density at radius 1 is 1.00 bits per heavy atom. The standard InChI is InChI=1S/C5H5.2C3H8O.ClH.Ti/c1-2-4-5-3-1;2*1-2-3-4;;/h1-5H;2*4H,2-3H2,1H3;1H;/q-1;;;;+2/p-1. The minimum absolute atomic E-state index is 0.319. The summed E-state index contributed by atoms with van der Waals surface area (Å²) in [6.07, 6.45) is 1.75. The van der Waals surface area contributed by atoms with Crippen LogP contribution in [0.25, 0.3) is 0 Å². The zero-order valence-corrected chi connectivity index (χ0v) is 11.8. The van der Waals surface area contributed by atoms with Gasteiger partial charge in [-0.15, -0.1) is 0 Å². The van der Waals surface area contributed by atoms with E-state index in [4.69, 9.17) is 10.2 Å². The zero-order valence-electron chi connectivity index (χ0n) is 9.49. The number of aliphatic hydroxyl groups is 2. The molecule has 0 saturated carbocycles. The molecule has 0 heterocycles. The summed E-state index contributed by atoms with van der Waals surface area (Å²) in [5, 5.41) is 15.8. The van der Waals surface area contributed by atoms with Gasteiger partial charge in [0.25, 0.3) is 0 Å². The van der Waals surface area contributed by atoms with Gasteiger partial charge < -0.3 is 10.2 Å². The fourth-order valence-corrected chi connectivity index (χ4v) is 0.321. The van der Waals surface area contributed by atoms with E-state index in [2.05, 4.69) is 9.30 Å². The third-order valence-electron chi connectivity index (χ3n) is 1.00. The van der Waals surface area contributed by atoms with Crippen LogP contribution in [-0.2, 0) is 19.4 Å². The first-order chi connectivity index (χ1) is 7.33. The van der Waals surface area contributed by atoms with Crippen molar-refractivity contribution in [3.8, 4) is 0 Å². The second-order valence-corrected chi connectivity index (χ2v) is 2.41. The molecule has 0 saturated heterocycles. The molecule has 1 rings (SSSR count). The fourth-order valence-electron chi connectivity index (χ4n) is 0.321. The Kier molecular flexibility index (Phi) is 40.3. The first-order valence-corrected chi connectivity index (χ1v) is 7.05. The molecule has 88 valence electrons. The van der Waals surface area contributed by atoms with Gasteiger partial charge in [-0.05, 0) is 12.8 Å². The molecule has 0 fully saturated rings. The second-order valence-electron chi connectivity index (χ2n) is 2.41. The van der Waals surface area contributed by atoms with Crippen molar-refractivity contribution >= 4 is 9.30 Å². The molecule has 2 nitrogen and oxygen atoms in total. The molecule has 0 bridgehead atoms. The van der Waals surface area contributed by atoms with Crippen molar-refractivity contribution < 1.29 is 29.6 Å². The quantitative estimate of drug-likeness (QED) is 0.640. The van der Waals surface area contributed by atoms with E-state index in [0.29, 0.717) is 13.2 Å². The van der Waals surface area contributed by atoms with Gasteiger partial charge in [0, 0.05) is 13.2 Å². The van der Waals surface area contributed by atoms with Crippen molar-refractivity contribution in [1.29, 1.82) is 0 Å². The van der Waals surface area contributed by atoms with E-state index in [-0.39, 0.29) is 0 Å². The van der Waals surface area contributed by atoms with Gasteiger partial charge in [0.05, 0.1) is 0 Å². The number of hydrogen-bond donors (Lipinski definition) is 2. The average molecular weight is 269 g/mol. The molecular weight excluding hydrogens is 247 g/mol. The van der Waals surface area contributed by atoms with Gasteiger partial charge in [0.15, 0.2) is 0 Å². The Morgan fingerprint density at radius 3 is 1.33 bits per heavy atom. The number of aliphatic hydroxyl groups excluding tert-OH is 2. The fraction of sp³-hybridized carbons (Fsp3) is 0.545. The summed E-state index contributed by atoms with van der Waals surface area (Å²) < 4.78 is 0. The predicted molar refractivity (Wildman–Crippen MR) is 62.6 cm³/mol. The minimum Gasteiger partial charge on any atom is -0.214 e. The molecule has 2 N–H and O–H groups in total. The van der Waals surface area contributed by atoms with E-state index >= 15 is 0 Å². The number of rotatable bonds is 2. The maximum Gasteiger partial charge on any atom is -0.172 e. The van der Waals surface area contributed by atoms with Gasteiger partial charge in [0.1, 0.15) is 0 Å². The molecule has 0 unspecified atom stereocenters. The van der Waals surface area contributed by atoms with Crippen molar-refractivity contribution in [2.24, 2.45) is 0 Å². The van der Waals surface area contributed by atoms with Crippen molar-refractivity contribution in [2.45, 2.75) is 26.7 Å². The SMILES string of the molecule is CCCO.CCCO.[Cl][Ti+].c1cc[cH-]c1. The smallest absolute Gasteiger partial charge is 0.172 e. The summed E-state index contributed by atoms with van der Waals surface area (Å²) in [5.74, 6) is 0. The Morgan fingerprint density at radius 2 is 1.27 bits per heavy atom. The van der Waals surface area contributed by atoms with Gasteiger partial charge in [0.2, 0.25) is 0 Å². The topological polar surface area (TPSA) is 40.5 Å². The molecule has 15 heavy (non-hydrogen) atoms. The normalized spacial score (nSPS) is 6.93. The monoisotopic (exact) mass is 268 g/mol. The van der Waals surface area contributed by atoms with Gasteiger partial charge >= 0.3 is 28.7 Å². The molecule has 1 aromatic carbocycles. The van der Waals surface area contributed by atoms with E-state index in [0.717, 1.165) is 12.8 Å². The molecule has 1 aromatic rings. The predicted octanol–water partition coefficient (Wildman–Crippen LogP) is 2.87. The minimum atomic E-state index is 0.319. The Balaban J connectivity index is -0.000000135. The molecule has 0 amide bonds. The van der Waals surface area contributed by atoms with Crippen LogP contribution in [0.1, 0.15) is 26.7 Å². The Labute approximate surface area is 109 Å². The maximum atomic E-state index is 7.88. The Bertz CT molecular complexity index is 110. The van der Waals surface area contributed by atoms with Gasteiger partial charge in [-0.1, -0.05) is 13.8 Å². The number of hydrogen-bond acceptors (Lipinski definition) is 2. The van der Waals surface area contributed by atoms with Crippen LogP contribution in [0.5, 0.6) is 0 Å². The van der Waals surface area contributed by atoms with Crippen LogP contribution in [0.15, 0.2) is 30.3 Å². The largest absolute Gasteiger partial charge is 0.214 e. The third-order valence-corrected chi connectivity index (χ3v) is 1.00. The molecule has 0 spiro atoms. The summed E-state index contributed by atoms with van der Waals surface area (Å²) in [7, 11) is 4.64. The molecule has 0 radical (unpaired) electrons. The van der Waals surface area contributed by atoms with Crippen LogP contribution in [0.2, 0.25) is 0 Å². The van der Waals surface area contributed by atoms with Crippen LogP contribution >= 0.6 is 9.30 Å². The van der Waals surface area contributed by atoms with E-state index in [1.54, 1.807) is 0 Å². The molecule has 0 aliphatic heterocycles. The van der Waals surface area contributed by atoms with E-state index < -0.39 is 0 Å². The molecule has 0 aliphatic carbocycles. The van der Waals surface area contributed by atoms with Crippen LogP contribution in [-0.4, -0.2) is 23.4 Å². The molecule has 0 aliphatic rings. The van der Waals surface area contributed by atoms with Gasteiger partial charge in [-0.3, -0.25) is 0 Å². The van der Waals surface area contributed by atoms with Crippen LogP contribution in [0.4, 0.5) is 0 Å². The summed E-state index contributed by atoms with van der Waals surface area (Å²) in [6.45, 7) is 4.50. The average Bonchev–Trinajstić information content (AvgIpc) is 2.90. The van der Waals surface area contributed by atoms with Crippen LogP contribution < -0.4 is 0 Å². The van der Waals surface area contributed by atoms with Crippen LogP contribution in [0, 0.1) is 0 Å². The maximum absolute atomic E-state index is 7.88. The van der Waals surface area contributed by atoms with Crippen LogP contribution in [0.3, 0.4) is 0 Å². The first-order valence-electron chi connectivity index (χ1n) is 4.90. The van der Waals surface area contributed by atoms with E-state index in [1.165, 1.54) is 19.4 Å². The van der Waals surface area contributed by atoms with Gasteiger partial charge in [-0.25, -0.2) is 12.1 Å². The summed E-state index contributed by atoms with van der Waals surface area (Å²) in [6, 6.07) is 10.0. The molecule has 4 heteroatoms. The molecular formula is C11H21ClO2Ti. The first kappa shape index (κ1) is 20.7. The van der Waals surface area contributed by atoms with Gasteiger partial charge in [-0.2, -0.15) is 18.2 Å². The third kappa shape index (κ3) is 40.6. The van der Waals surface area contributed by atoms with E-state index in [9.17, 15) is 0 Å². The Hall–Kier alpha value is 0.274. The molecule has 0 atom stereocenters. The van der Waals surface area contributed by atoms with Crippen molar-refractivity contribution in [3.05, 3.63) is 30.3 Å². The van der Waals surface area contributed by atoms with Crippen molar-refractivity contribution in [2.75, 3.05) is 13.2 Å². The summed E-state index contributed by atoms with van der Waals surface area (Å²) in [5.41, 5.74) is 0. The van der Waals surface area contributed by atoms with Crippen molar-refractivity contribution in [3.63, 3.8) is 0 Å². The number of halogens is 1.